The topological polar surface area (TPSA) is 37.2 Å². The Hall–Kier alpha value is -0.690. The number of benzene rings is 1. The number of nitrogens with two attached hydrogens (primary N) is 1. The first-order valence-electron chi connectivity index (χ1n) is 8.66. The zero-order valence-electron chi connectivity index (χ0n) is 14.4. The lowest BCUT2D eigenvalue weighted by Crippen LogP contribution is -3.20. The van der Waals surface area contributed by atoms with Crippen LogP contribution < -0.4 is 39.9 Å². The van der Waals surface area contributed by atoms with Crippen molar-refractivity contribution in [2.75, 3.05) is 44.2 Å². The molecule has 4 nitrogen and oxygen atoms in total. The number of aromatic nitrogens is 1. The summed E-state index contributed by atoms with van der Waals surface area (Å²) in [5, 5.41) is 3.22. The highest BCUT2D eigenvalue weighted by atomic mass is 35.5. The molecule has 0 atom stereocenters. The highest BCUT2D eigenvalue weighted by Crippen LogP contribution is 2.47. The number of fused-ring (bicyclic) bond motifs is 2. The van der Waals surface area contributed by atoms with Crippen LogP contribution in [0.2, 0.25) is 5.02 Å². The van der Waals surface area contributed by atoms with Crippen molar-refractivity contribution in [2.45, 2.75) is 16.2 Å². The Morgan fingerprint density at radius 3 is 2.77 bits per heavy atom. The molecule has 2 aliphatic heterocycles. The van der Waals surface area contributed by atoms with Crippen LogP contribution in [0.3, 0.4) is 0 Å². The molecule has 3 heterocycles. The Kier molecular flexibility index (Phi) is 8.33. The number of nitrogens with one attached hydrogen (secondary N) is 1. The summed E-state index contributed by atoms with van der Waals surface area (Å²) in [5.41, 5.74) is 1.23. The maximum atomic E-state index is 6.20. The molecular formula is C18H23Cl3N4S. The van der Waals surface area contributed by atoms with Gasteiger partial charge < -0.3 is 39.9 Å². The van der Waals surface area contributed by atoms with Crippen LogP contribution in [-0.2, 0) is 0 Å². The second-order valence-electron chi connectivity index (χ2n) is 6.41. The average Bonchev–Trinajstić information content (AvgIpc) is 2.62. The third-order valence-corrected chi connectivity index (χ3v) is 6.08. The zero-order chi connectivity index (χ0) is 16.4. The van der Waals surface area contributed by atoms with Crippen molar-refractivity contribution in [1.82, 2.24) is 4.98 Å². The first-order valence-corrected chi connectivity index (χ1v) is 9.86. The number of piperazine rings is 1. The monoisotopic (exact) mass is 432 g/mol. The van der Waals surface area contributed by atoms with Gasteiger partial charge in [0.25, 0.3) is 0 Å². The number of hydrogen-bond donors (Lipinski definition) is 2. The molecular weight excluding hydrogens is 411 g/mol. The molecule has 0 saturated carbocycles. The molecule has 0 bridgehead atoms. The van der Waals surface area contributed by atoms with E-state index in [4.69, 9.17) is 11.6 Å². The number of rotatable bonds is 4. The molecule has 142 valence electrons. The lowest BCUT2D eigenvalue weighted by Gasteiger charge is -2.32. The molecule has 2 aromatic rings. The maximum Gasteiger partial charge on any atom is 0.147 e. The summed E-state index contributed by atoms with van der Waals surface area (Å²) >= 11 is 7.97. The number of halogens is 3. The molecule has 1 fully saturated rings. The normalized spacial score (nSPS) is 16.1. The van der Waals surface area contributed by atoms with Crippen LogP contribution in [0.4, 0.5) is 11.5 Å². The summed E-state index contributed by atoms with van der Waals surface area (Å²) in [7, 11) is 0. The van der Waals surface area contributed by atoms with E-state index in [1.54, 1.807) is 16.7 Å². The van der Waals surface area contributed by atoms with Gasteiger partial charge in [0.2, 0.25) is 0 Å². The number of hydrogen-bond acceptors (Lipinski definition) is 3. The second-order valence-corrected chi connectivity index (χ2v) is 7.93. The van der Waals surface area contributed by atoms with Crippen molar-refractivity contribution >= 4 is 34.9 Å². The molecule has 0 unspecified atom stereocenters. The second kappa shape index (κ2) is 10.0. The SMILES string of the molecule is Clc1ccc2c(c1)Sc1cccnc1N2CCC[NH+]1CC[NH2+]CC1.[Cl-].[Cl-]. The quantitative estimate of drug-likeness (QED) is 0.508. The summed E-state index contributed by atoms with van der Waals surface area (Å²) in [5.74, 6) is 1.08. The van der Waals surface area contributed by atoms with Crippen molar-refractivity contribution < 1.29 is 35.0 Å². The fourth-order valence-corrected chi connectivity index (χ4v) is 4.88. The molecule has 26 heavy (non-hydrogen) atoms. The largest absolute Gasteiger partial charge is 1.00 e. The van der Waals surface area contributed by atoms with Gasteiger partial charge in [0.15, 0.2) is 0 Å². The third-order valence-electron chi connectivity index (χ3n) is 4.76. The van der Waals surface area contributed by atoms with E-state index in [1.807, 2.05) is 18.3 Å². The van der Waals surface area contributed by atoms with E-state index < -0.39 is 0 Å². The fourth-order valence-electron chi connectivity index (χ4n) is 3.54. The van der Waals surface area contributed by atoms with Crippen LogP contribution in [-0.4, -0.2) is 44.3 Å². The molecule has 3 N–H and O–H groups in total. The van der Waals surface area contributed by atoms with E-state index in [9.17, 15) is 0 Å². The summed E-state index contributed by atoms with van der Waals surface area (Å²) in [4.78, 5) is 11.2. The molecule has 2 aliphatic rings. The van der Waals surface area contributed by atoms with E-state index in [0.717, 1.165) is 17.4 Å². The van der Waals surface area contributed by atoms with Crippen LogP contribution in [0, 0.1) is 0 Å². The highest BCUT2D eigenvalue weighted by molar-refractivity contribution is 7.99. The van der Waals surface area contributed by atoms with Gasteiger partial charge in [-0.1, -0.05) is 23.4 Å². The Balaban J connectivity index is 0.00000121. The first-order chi connectivity index (χ1) is 11.8. The molecule has 0 aliphatic carbocycles. The number of nitrogens with zero attached hydrogens (tertiary/aromatic N) is 2. The van der Waals surface area contributed by atoms with Crippen molar-refractivity contribution in [3.05, 3.63) is 41.6 Å². The summed E-state index contributed by atoms with van der Waals surface area (Å²) in [6.07, 6.45) is 3.07. The number of anilines is 2. The third kappa shape index (κ3) is 4.77. The zero-order valence-corrected chi connectivity index (χ0v) is 17.5. The van der Waals surface area contributed by atoms with Gasteiger partial charge in [-0.3, -0.25) is 0 Å². The van der Waals surface area contributed by atoms with Crippen LogP contribution in [0.5, 0.6) is 0 Å². The predicted molar refractivity (Wildman–Crippen MR) is 98.7 cm³/mol. The van der Waals surface area contributed by atoms with Gasteiger partial charge in [0.05, 0.1) is 17.1 Å². The Bertz CT molecular complexity index is 725. The minimum Gasteiger partial charge on any atom is -1.00 e. The molecule has 8 heteroatoms. The van der Waals surface area contributed by atoms with E-state index in [2.05, 4.69) is 33.4 Å². The smallest absolute Gasteiger partial charge is 0.147 e. The first kappa shape index (κ1) is 21.6. The summed E-state index contributed by atoms with van der Waals surface area (Å²) < 4.78 is 0. The van der Waals surface area contributed by atoms with Crippen LogP contribution in [0.25, 0.3) is 0 Å². The van der Waals surface area contributed by atoms with Crippen LogP contribution in [0.15, 0.2) is 46.3 Å². The minimum atomic E-state index is 0. The fraction of sp³-hybridized carbons (Fsp3) is 0.389. The Morgan fingerprint density at radius 2 is 1.96 bits per heavy atom. The molecule has 1 aromatic heterocycles. The van der Waals surface area contributed by atoms with Gasteiger partial charge in [0.1, 0.15) is 32.0 Å². The lowest BCUT2D eigenvalue weighted by molar-refractivity contribution is -0.946. The molecule has 0 amide bonds. The number of pyridine rings is 1. The predicted octanol–water partition coefficient (Wildman–Crippen LogP) is -4.80. The van der Waals surface area contributed by atoms with Gasteiger partial charge in [0, 0.05) is 29.1 Å². The van der Waals surface area contributed by atoms with Crippen molar-refractivity contribution in [3.8, 4) is 0 Å². The molecule has 1 saturated heterocycles. The van der Waals surface area contributed by atoms with E-state index >= 15 is 0 Å². The summed E-state index contributed by atoms with van der Waals surface area (Å²) in [6.45, 7) is 7.35. The Morgan fingerprint density at radius 1 is 1.15 bits per heavy atom. The standard InChI is InChI=1S/C18H21ClN4S.2ClH/c19-14-4-5-15-17(13-14)24-16-3-1-6-21-18(16)23(15)10-2-9-22-11-7-20-8-12-22;;/h1,3-6,13,20H,2,7-12H2;2*1H. The van der Waals surface area contributed by atoms with E-state index in [0.29, 0.717) is 0 Å². The van der Waals surface area contributed by atoms with E-state index in [-0.39, 0.29) is 24.8 Å². The maximum absolute atomic E-state index is 6.20. The van der Waals surface area contributed by atoms with Gasteiger partial charge in [-0.05, 0) is 30.3 Å². The van der Waals surface area contributed by atoms with Crippen molar-refractivity contribution in [3.63, 3.8) is 0 Å². The number of quaternary nitrogens is 2. The average molecular weight is 434 g/mol. The van der Waals surface area contributed by atoms with Crippen LogP contribution in [0.1, 0.15) is 6.42 Å². The molecule has 0 radical (unpaired) electrons. The van der Waals surface area contributed by atoms with Crippen molar-refractivity contribution in [1.29, 1.82) is 0 Å². The van der Waals surface area contributed by atoms with Gasteiger partial charge in [-0.2, -0.15) is 0 Å². The van der Waals surface area contributed by atoms with Gasteiger partial charge >= 0.3 is 0 Å². The van der Waals surface area contributed by atoms with E-state index in [1.165, 1.54) is 54.6 Å². The Labute approximate surface area is 176 Å². The molecule has 1 aromatic carbocycles. The molecule has 4 rings (SSSR count). The highest BCUT2D eigenvalue weighted by Gasteiger charge is 2.25. The van der Waals surface area contributed by atoms with Crippen LogP contribution >= 0.6 is 23.4 Å². The van der Waals surface area contributed by atoms with Gasteiger partial charge in [-0.15, -0.1) is 0 Å². The lowest BCUT2D eigenvalue weighted by atomic mass is 10.2. The summed E-state index contributed by atoms with van der Waals surface area (Å²) in [6, 6.07) is 10.3. The van der Waals surface area contributed by atoms with Gasteiger partial charge in [-0.25, -0.2) is 4.98 Å². The molecule has 0 spiro atoms. The minimum absolute atomic E-state index is 0. The van der Waals surface area contributed by atoms with Crippen molar-refractivity contribution in [2.24, 2.45) is 0 Å².